The summed E-state index contributed by atoms with van der Waals surface area (Å²) in [5, 5.41) is 4.84. The first-order valence-corrected chi connectivity index (χ1v) is 8.55. The fraction of sp³-hybridized carbons (Fsp3) is 0.812. The predicted octanol–water partition coefficient (Wildman–Crippen LogP) is 4.63. The van der Waals surface area contributed by atoms with E-state index in [1.165, 1.54) is 47.7 Å². The van der Waals surface area contributed by atoms with E-state index < -0.39 is 0 Å². The van der Waals surface area contributed by atoms with Gasteiger partial charge >= 0.3 is 0 Å². The maximum absolute atomic E-state index is 4.64. The second-order valence-electron chi connectivity index (χ2n) is 6.26. The van der Waals surface area contributed by atoms with Crippen molar-refractivity contribution in [3.8, 4) is 0 Å². The Morgan fingerprint density at radius 3 is 2.53 bits per heavy atom. The van der Waals surface area contributed by atoms with Crippen LogP contribution in [0.1, 0.15) is 67.6 Å². The van der Waals surface area contributed by atoms with Crippen molar-refractivity contribution in [2.45, 2.75) is 65.8 Å². The topological polar surface area (TPSA) is 24.9 Å². The van der Waals surface area contributed by atoms with Crippen LogP contribution in [0.2, 0.25) is 0 Å². The molecule has 0 amide bonds. The quantitative estimate of drug-likeness (QED) is 0.851. The van der Waals surface area contributed by atoms with E-state index in [0.29, 0.717) is 6.04 Å². The van der Waals surface area contributed by atoms with Crippen molar-refractivity contribution >= 4 is 11.3 Å². The Bertz CT molecular complexity index is 391. The molecule has 0 aliphatic heterocycles. The molecule has 1 aromatic rings. The summed E-state index contributed by atoms with van der Waals surface area (Å²) in [5.41, 5.74) is 1.25. The molecule has 0 spiro atoms. The van der Waals surface area contributed by atoms with E-state index in [-0.39, 0.29) is 0 Å². The van der Waals surface area contributed by atoms with Crippen molar-refractivity contribution in [1.29, 1.82) is 0 Å². The highest BCUT2D eigenvalue weighted by Gasteiger charge is 2.18. The van der Waals surface area contributed by atoms with Gasteiger partial charge in [-0.2, -0.15) is 0 Å². The maximum atomic E-state index is 4.64. The average molecular weight is 280 g/mol. The number of hydrogen-bond donors (Lipinski definition) is 1. The van der Waals surface area contributed by atoms with Crippen molar-refractivity contribution in [3.05, 3.63) is 15.6 Å². The van der Waals surface area contributed by atoms with E-state index in [0.717, 1.165) is 18.4 Å². The van der Waals surface area contributed by atoms with Gasteiger partial charge in [-0.3, -0.25) is 0 Å². The van der Waals surface area contributed by atoms with E-state index in [2.05, 4.69) is 38.0 Å². The number of thiazole rings is 1. The Morgan fingerprint density at radius 2 is 1.95 bits per heavy atom. The highest BCUT2D eigenvalue weighted by Crippen LogP contribution is 2.30. The van der Waals surface area contributed by atoms with Crippen LogP contribution >= 0.6 is 11.3 Å². The van der Waals surface area contributed by atoms with Crippen molar-refractivity contribution < 1.29 is 0 Å². The van der Waals surface area contributed by atoms with Gasteiger partial charge in [0.2, 0.25) is 0 Å². The largest absolute Gasteiger partial charge is 0.309 e. The van der Waals surface area contributed by atoms with Gasteiger partial charge in [0, 0.05) is 10.9 Å². The van der Waals surface area contributed by atoms with Crippen LogP contribution in [-0.2, 0) is 0 Å². The number of aryl methyl sites for hydroxylation is 2. The lowest BCUT2D eigenvalue weighted by Gasteiger charge is -2.26. The molecule has 1 unspecified atom stereocenters. The molecular weight excluding hydrogens is 252 g/mol. The lowest BCUT2D eigenvalue weighted by Crippen LogP contribution is -2.24. The summed E-state index contributed by atoms with van der Waals surface area (Å²) >= 11 is 1.81. The van der Waals surface area contributed by atoms with Crippen LogP contribution in [0.4, 0.5) is 0 Å². The summed E-state index contributed by atoms with van der Waals surface area (Å²) in [6, 6.07) is 0.396. The number of rotatable bonds is 5. The summed E-state index contributed by atoms with van der Waals surface area (Å²) in [6.07, 6.45) is 7.08. The molecule has 1 aromatic heterocycles. The van der Waals surface area contributed by atoms with Crippen LogP contribution < -0.4 is 5.32 Å². The van der Waals surface area contributed by atoms with Crippen molar-refractivity contribution in [3.63, 3.8) is 0 Å². The summed E-state index contributed by atoms with van der Waals surface area (Å²) in [6.45, 7) is 10.0. The van der Waals surface area contributed by atoms with E-state index >= 15 is 0 Å². The Labute approximate surface area is 122 Å². The first-order valence-electron chi connectivity index (χ1n) is 7.73. The van der Waals surface area contributed by atoms with Crippen molar-refractivity contribution in [2.24, 2.45) is 11.8 Å². The van der Waals surface area contributed by atoms with Gasteiger partial charge in [-0.25, -0.2) is 4.98 Å². The molecule has 0 aromatic carbocycles. The second-order valence-corrected chi connectivity index (χ2v) is 7.67. The molecule has 1 saturated carbocycles. The minimum atomic E-state index is 0.396. The van der Waals surface area contributed by atoms with E-state index in [4.69, 9.17) is 0 Å². The van der Waals surface area contributed by atoms with E-state index in [1.807, 2.05) is 11.3 Å². The minimum Gasteiger partial charge on any atom is -0.309 e. The fourth-order valence-corrected chi connectivity index (χ4v) is 4.08. The van der Waals surface area contributed by atoms with Crippen LogP contribution in [0.25, 0.3) is 0 Å². The monoisotopic (exact) mass is 280 g/mol. The second kappa shape index (κ2) is 6.85. The minimum absolute atomic E-state index is 0.396. The molecule has 3 heteroatoms. The van der Waals surface area contributed by atoms with Gasteiger partial charge in [0.25, 0.3) is 0 Å². The molecule has 19 heavy (non-hydrogen) atoms. The van der Waals surface area contributed by atoms with Crippen LogP contribution in [0.5, 0.6) is 0 Å². The highest BCUT2D eigenvalue weighted by atomic mass is 32.1. The number of nitrogens with one attached hydrogen (secondary N) is 1. The molecule has 1 heterocycles. The zero-order chi connectivity index (χ0) is 13.8. The SMILES string of the molecule is Cc1nc(C(C)NCCC2CCC(C)CC2)c(C)s1. The number of nitrogens with zero attached hydrogens (tertiary/aromatic N) is 1. The van der Waals surface area contributed by atoms with Crippen LogP contribution in [0.15, 0.2) is 0 Å². The molecular formula is C16H28N2S. The zero-order valence-corrected chi connectivity index (χ0v) is 13.6. The molecule has 0 radical (unpaired) electrons. The summed E-state index contributed by atoms with van der Waals surface area (Å²) < 4.78 is 0. The first-order chi connectivity index (χ1) is 9.06. The van der Waals surface area contributed by atoms with Gasteiger partial charge in [0.15, 0.2) is 0 Å². The zero-order valence-electron chi connectivity index (χ0n) is 12.8. The van der Waals surface area contributed by atoms with Crippen LogP contribution in [0, 0.1) is 25.7 Å². The Kier molecular flexibility index (Phi) is 5.40. The number of hydrogen-bond acceptors (Lipinski definition) is 3. The average Bonchev–Trinajstić information content (AvgIpc) is 2.71. The lowest BCUT2D eigenvalue weighted by molar-refractivity contribution is 0.273. The van der Waals surface area contributed by atoms with Gasteiger partial charge in [0.1, 0.15) is 0 Å². The smallest absolute Gasteiger partial charge is 0.0900 e. The molecule has 1 aliphatic carbocycles. The normalized spacial score (nSPS) is 25.5. The first kappa shape index (κ1) is 15.0. The van der Waals surface area contributed by atoms with E-state index in [1.54, 1.807) is 0 Å². The summed E-state index contributed by atoms with van der Waals surface area (Å²) in [5.74, 6) is 1.91. The Balaban J connectivity index is 1.72. The molecule has 1 fully saturated rings. The molecule has 2 rings (SSSR count). The van der Waals surface area contributed by atoms with Crippen LogP contribution in [-0.4, -0.2) is 11.5 Å². The predicted molar refractivity (Wildman–Crippen MR) is 83.7 cm³/mol. The Morgan fingerprint density at radius 1 is 1.26 bits per heavy atom. The summed E-state index contributed by atoms with van der Waals surface area (Å²) in [7, 11) is 0. The van der Waals surface area contributed by atoms with Gasteiger partial charge in [-0.05, 0) is 45.6 Å². The van der Waals surface area contributed by atoms with E-state index in [9.17, 15) is 0 Å². The van der Waals surface area contributed by atoms with Gasteiger partial charge in [-0.15, -0.1) is 11.3 Å². The summed E-state index contributed by atoms with van der Waals surface area (Å²) in [4.78, 5) is 6.01. The lowest BCUT2D eigenvalue weighted by atomic mass is 9.81. The molecule has 108 valence electrons. The standard InChI is InChI=1S/C16H28N2S/c1-11-5-7-15(8-6-11)9-10-17-12(2)16-13(3)19-14(4)18-16/h11-12,15,17H,5-10H2,1-4H3. The molecule has 2 nitrogen and oxygen atoms in total. The third-order valence-electron chi connectivity index (χ3n) is 4.49. The molecule has 1 atom stereocenters. The maximum Gasteiger partial charge on any atom is 0.0900 e. The van der Waals surface area contributed by atoms with Crippen molar-refractivity contribution in [1.82, 2.24) is 10.3 Å². The number of aromatic nitrogens is 1. The molecule has 1 N–H and O–H groups in total. The van der Waals surface area contributed by atoms with Gasteiger partial charge < -0.3 is 5.32 Å². The third-order valence-corrected chi connectivity index (χ3v) is 5.39. The van der Waals surface area contributed by atoms with Gasteiger partial charge in [0.05, 0.1) is 10.7 Å². The van der Waals surface area contributed by atoms with Crippen LogP contribution in [0.3, 0.4) is 0 Å². The van der Waals surface area contributed by atoms with Crippen molar-refractivity contribution in [2.75, 3.05) is 6.54 Å². The third kappa shape index (κ3) is 4.28. The Hall–Kier alpha value is -0.410. The molecule has 1 aliphatic rings. The highest BCUT2D eigenvalue weighted by molar-refractivity contribution is 7.11. The fourth-order valence-electron chi connectivity index (χ4n) is 3.17. The van der Waals surface area contributed by atoms with Gasteiger partial charge in [-0.1, -0.05) is 32.6 Å². The molecule has 0 bridgehead atoms. The molecule has 0 saturated heterocycles.